The second-order valence-electron chi connectivity index (χ2n) is 15.2. The molecule has 4 aromatic heterocycles. The molecule has 2 aliphatic rings. The minimum atomic E-state index is -3.01. The van der Waals surface area contributed by atoms with Crippen LogP contribution in [-0.2, 0) is 39.1 Å². The number of imide groups is 1. The number of halogens is 4. The Balaban J connectivity index is 0.796. The van der Waals surface area contributed by atoms with E-state index in [0.29, 0.717) is 44.8 Å². The highest BCUT2D eigenvalue weighted by Gasteiger charge is 2.40. The number of aryl methyl sites for hydroxylation is 2. The number of para-hydroxylation sites is 1. The molecule has 61 heavy (non-hydrogen) atoms. The molecule has 1 aromatic carbocycles. The standard InChI is InChI=1S/C39H48F4N12O6/c1-51-33-24(5-2-7-28(33)55(38(51)59)29-8-9-31(56)49-37(29)58)6-3-15-60-16-4-11-45-12-17-61-18-14-53-22-27(32(50-53)34(40)41)47-36(57)26-20-46-54-13-10-30(48-35(26)54)52-21-25(44)19-39(42,43)23-52/h2,5,7,10,13,20,22,25,29,34,45H,3-4,6,8-9,11-12,14-19,21,23,44H2,1H3,(H,47,57)(H,49,56,58)/t25-,29?/m1/s1. The highest BCUT2D eigenvalue weighted by Crippen LogP contribution is 2.30. The van der Waals surface area contributed by atoms with Crippen molar-refractivity contribution in [3.8, 4) is 0 Å². The molecule has 2 fully saturated rings. The number of rotatable bonds is 19. The number of alkyl halides is 4. The molecular weight excluding hydrogens is 808 g/mol. The van der Waals surface area contributed by atoms with E-state index in [2.05, 4.69) is 31.1 Å². The first-order chi connectivity index (χ1) is 29.3. The third-order valence-corrected chi connectivity index (χ3v) is 10.6. The number of nitrogens with zero attached hydrogens (tertiary/aromatic N) is 8. The number of nitrogens with one attached hydrogen (secondary N) is 3. The fourth-order valence-electron chi connectivity index (χ4n) is 7.75. The van der Waals surface area contributed by atoms with Gasteiger partial charge >= 0.3 is 5.69 Å². The largest absolute Gasteiger partial charge is 0.381 e. The number of piperidine rings is 2. The van der Waals surface area contributed by atoms with Crippen LogP contribution in [0.5, 0.6) is 0 Å². The van der Waals surface area contributed by atoms with Crippen LogP contribution in [0.25, 0.3) is 16.7 Å². The van der Waals surface area contributed by atoms with Crippen molar-refractivity contribution in [2.75, 3.05) is 62.8 Å². The molecule has 0 aliphatic carbocycles. The van der Waals surface area contributed by atoms with Crippen molar-refractivity contribution in [1.82, 2.24) is 44.1 Å². The number of benzene rings is 1. The summed E-state index contributed by atoms with van der Waals surface area (Å²) in [5, 5.41) is 16.1. The van der Waals surface area contributed by atoms with E-state index in [1.54, 1.807) is 11.6 Å². The molecule has 0 saturated carbocycles. The Hall–Kier alpha value is -5.71. The average Bonchev–Trinajstić information content (AvgIpc) is 3.90. The van der Waals surface area contributed by atoms with Crippen LogP contribution in [0, 0.1) is 0 Å². The first-order valence-electron chi connectivity index (χ1n) is 20.1. The molecule has 22 heteroatoms. The normalized spacial score (nSPS) is 18.1. The maximum atomic E-state index is 14.2. The van der Waals surface area contributed by atoms with Gasteiger partial charge in [-0.05, 0) is 49.9 Å². The number of carbonyl (C=O) groups excluding carboxylic acids is 3. The maximum absolute atomic E-state index is 14.2. The van der Waals surface area contributed by atoms with Crippen molar-refractivity contribution in [3.05, 3.63) is 70.2 Å². The first-order valence-corrected chi connectivity index (χ1v) is 20.1. The van der Waals surface area contributed by atoms with Gasteiger partial charge in [0, 0.05) is 64.6 Å². The number of carbonyl (C=O) groups is 3. The molecule has 6 heterocycles. The summed E-state index contributed by atoms with van der Waals surface area (Å²) in [6, 6.07) is 5.61. The van der Waals surface area contributed by atoms with Crippen molar-refractivity contribution in [1.29, 1.82) is 0 Å². The Morgan fingerprint density at radius 2 is 1.89 bits per heavy atom. The van der Waals surface area contributed by atoms with Gasteiger partial charge in [0.1, 0.15) is 17.4 Å². The minimum absolute atomic E-state index is 0.0493. The van der Waals surface area contributed by atoms with E-state index in [0.717, 1.165) is 23.9 Å². The fourth-order valence-corrected chi connectivity index (χ4v) is 7.75. The van der Waals surface area contributed by atoms with Crippen molar-refractivity contribution in [2.45, 2.75) is 69.5 Å². The molecule has 7 rings (SSSR count). The van der Waals surface area contributed by atoms with Gasteiger partial charge in [-0.15, -0.1) is 0 Å². The van der Waals surface area contributed by atoms with Crippen molar-refractivity contribution < 1.29 is 41.4 Å². The summed E-state index contributed by atoms with van der Waals surface area (Å²) in [6.07, 6.45) is 3.14. The van der Waals surface area contributed by atoms with Gasteiger partial charge in [0.05, 0.1) is 49.2 Å². The van der Waals surface area contributed by atoms with E-state index in [9.17, 15) is 36.7 Å². The van der Waals surface area contributed by atoms with Crippen molar-refractivity contribution in [3.63, 3.8) is 0 Å². The molecule has 0 radical (unpaired) electrons. The number of imidazole rings is 1. The Kier molecular flexibility index (Phi) is 13.4. The molecule has 5 aromatic rings. The topological polar surface area (TPSA) is 210 Å². The molecule has 1 unspecified atom stereocenters. The number of nitrogens with two attached hydrogens (primary N) is 1. The lowest BCUT2D eigenvalue weighted by Crippen LogP contribution is -2.52. The zero-order valence-electron chi connectivity index (χ0n) is 33.5. The Bertz CT molecular complexity index is 2430. The van der Waals surface area contributed by atoms with E-state index < -0.39 is 54.9 Å². The lowest BCUT2D eigenvalue weighted by atomic mass is 10.0. The van der Waals surface area contributed by atoms with Crippen molar-refractivity contribution in [2.24, 2.45) is 12.8 Å². The second-order valence-corrected chi connectivity index (χ2v) is 15.2. The molecule has 5 N–H and O–H groups in total. The summed E-state index contributed by atoms with van der Waals surface area (Å²) in [5.41, 5.74) is 7.09. The van der Waals surface area contributed by atoms with Crippen LogP contribution in [0.1, 0.15) is 66.2 Å². The van der Waals surface area contributed by atoms with Gasteiger partial charge in [-0.2, -0.15) is 10.2 Å². The molecule has 0 spiro atoms. The number of amides is 3. The van der Waals surface area contributed by atoms with E-state index in [1.807, 2.05) is 18.2 Å². The van der Waals surface area contributed by atoms with E-state index in [4.69, 9.17) is 15.2 Å². The van der Waals surface area contributed by atoms with Crippen LogP contribution < -0.4 is 32.3 Å². The number of ether oxygens (including phenoxy) is 2. The number of anilines is 2. The van der Waals surface area contributed by atoms with Crippen LogP contribution in [0.15, 0.2) is 47.7 Å². The Morgan fingerprint density at radius 1 is 1.08 bits per heavy atom. The highest BCUT2D eigenvalue weighted by molar-refractivity contribution is 6.08. The second kappa shape index (κ2) is 18.9. The monoisotopic (exact) mass is 856 g/mol. The van der Waals surface area contributed by atoms with Crippen molar-refractivity contribution >= 4 is 45.9 Å². The lowest BCUT2D eigenvalue weighted by molar-refractivity contribution is -0.135. The SMILES string of the molecule is Cn1c(=O)n(C2CCC(=O)NC2=O)c2cccc(CCCOCCCNCCOCCn3cc(NC(=O)c4cnn5ccc(N6C[C@H](N)CC(F)(F)C6)nc45)c(C(F)F)n3)c21. The summed E-state index contributed by atoms with van der Waals surface area (Å²) >= 11 is 0. The Labute approximate surface area is 346 Å². The molecular formula is C39H48F4N12O6. The van der Waals surface area contributed by atoms with Crippen LogP contribution in [0.2, 0.25) is 0 Å². The van der Waals surface area contributed by atoms with Crippen LogP contribution >= 0.6 is 0 Å². The molecule has 0 bridgehead atoms. The van der Waals surface area contributed by atoms with Crippen LogP contribution in [-0.4, -0.2) is 116 Å². The van der Waals surface area contributed by atoms with Gasteiger partial charge in [-0.25, -0.2) is 31.9 Å². The Morgan fingerprint density at radius 3 is 2.67 bits per heavy atom. The maximum Gasteiger partial charge on any atom is 0.329 e. The van der Waals surface area contributed by atoms with E-state index >= 15 is 0 Å². The summed E-state index contributed by atoms with van der Waals surface area (Å²) in [7, 11) is 1.68. The van der Waals surface area contributed by atoms with Gasteiger partial charge in [-0.1, -0.05) is 12.1 Å². The van der Waals surface area contributed by atoms with Crippen LogP contribution in [0.3, 0.4) is 0 Å². The third kappa shape index (κ3) is 10.1. The van der Waals surface area contributed by atoms with E-state index in [-0.39, 0.29) is 66.9 Å². The molecule has 3 amide bonds. The van der Waals surface area contributed by atoms with E-state index in [1.165, 1.54) is 43.3 Å². The summed E-state index contributed by atoms with van der Waals surface area (Å²) in [4.78, 5) is 56.3. The van der Waals surface area contributed by atoms with Gasteiger partial charge in [-0.3, -0.25) is 33.5 Å². The van der Waals surface area contributed by atoms with Crippen LogP contribution in [0.4, 0.5) is 29.1 Å². The third-order valence-electron chi connectivity index (χ3n) is 10.6. The number of aromatic nitrogens is 7. The molecule has 2 atom stereocenters. The zero-order valence-corrected chi connectivity index (χ0v) is 33.5. The summed E-state index contributed by atoms with van der Waals surface area (Å²) in [6.45, 7) is 2.52. The number of fused-ring (bicyclic) bond motifs is 2. The zero-order chi connectivity index (χ0) is 43.3. The molecule has 2 aliphatic heterocycles. The molecule has 18 nitrogen and oxygen atoms in total. The fraction of sp³-hybridized carbons (Fsp3) is 0.513. The molecule has 2 saturated heterocycles. The summed E-state index contributed by atoms with van der Waals surface area (Å²) in [5.74, 6) is -4.42. The lowest BCUT2D eigenvalue weighted by Gasteiger charge is -2.36. The minimum Gasteiger partial charge on any atom is -0.381 e. The first kappa shape index (κ1) is 43.4. The number of hydrogen-bond acceptors (Lipinski definition) is 12. The average molecular weight is 857 g/mol. The summed E-state index contributed by atoms with van der Waals surface area (Å²) < 4.78 is 73.3. The number of hydrogen-bond donors (Lipinski definition) is 4. The molecule has 328 valence electrons. The predicted molar refractivity (Wildman–Crippen MR) is 214 cm³/mol. The van der Waals surface area contributed by atoms with Gasteiger partial charge in [0.2, 0.25) is 11.8 Å². The predicted octanol–water partition coefficient (Wildman–Crippen LogP) is 2.57. The smallest absolute Gasteiger partial charge is 0.329 e. The van der Waals surface area contributed by atoms with Gasteiger partial charge in [0.25, 0.3) is 18.3 Å². The highest BCUT2D eigenvalue weighted by atomic mass is 19.3. The van der Waals surface area contributed by atoms with Gasteiger partial charge < -0.3 is 30.7 Å². The van der Waals surface area contributed by atoms with Gasteiger partial charge in [0.15, 0.2) is 11.3 Å². The quantitative estimate of drug-likeness (QED) is 0.0537.